The number of carbonyl (C=O) groups is 1. The Kier molecular flexibility index (Phi) is 5.89. The third-order valence-corrected chi connectivity index (χ3v) is 4.59. The monoisotopic (exact) mass is 420 g/mol. The molecule has 0 bridgehead atoms. The number of carbonyl (C=O) groups excluding carboxylic acids is 1. The zero-order chi connectivity index (χ0) is 15.4. The molecule has 0 unspecified atom stereocenters. The van der Waals surface area contributed by atoms with Gasteiger partial charge in [0.2, 0.25) is 0 Å². The van der Waals surface area contributed by atoms with E-state index in [0.717, 1.165) is 25.2 Å². The highest BCUT2D eigenvalue weighted by atomic mass is 79.9. The van der Waals surface area contributed by atoms with Crippen LogP contribution >= 0.6 is 31.9 Å². The van der Waals surface area contributed by atoms with Gasteiger partial charge in [-0.2, -0.15) is 0 Å². The molecule has 1 N–H and O–H groups in total. The first-order chi connectivity index (χ1) is 10.0. The molecule has 1 aromatic carbocycles. The van der Waals surface area contributed by atoms with E-state index in [1.54, 1.807) is 4.90 Å². The Bertz CT molecular complexity index is 494. The summed E-state index contributed by atoms with van der Waals surface area (Å²) in [6, 6.07) is 3.83. The van der Waals surface area contributed by atoms with E-state index >= 15 is 0 Å². The first-order valence-corrected chi connectivity index (χ1v) is 8.40. The molecule has 0 radical (unpaired) electrons. The van der Waals surface area contributed by atoms with Crippen LogP contribution in [0.3, 0.4) is 0 Å². The second-order valence-electron chi connectivity index (χ2n) is 4.87. The fourth-order valence-corrected chi connectivity index (χ4v) is 3.55. The molecule has 1 heterocycles. The number of hydrogen-bond acceptors (Lipinski definition) is 4. The Hall–Kier alpha value is -0.790. The van der Waals surface area contributed by atoms with E-state index in [1.165, 1.54) is 0 Å². The summed E-state index contributed by atoms with van der Waals surface area (Å²) in [5, 5.41) is 9.72. The van der Waals surface area contributed by atoms with Gasteiger partial charge in [0.1, 0.15) is 5.75 Å². The van der Waals surface area contributed by atoms with E-state index in [2.05, 4.69) is 36.8 Å². The highest BCUT2D eigenvalue weighted by Gasteiger charge is 2.22. The summed E-state index contributed by atoms with van der Waals surface area (Å²) in [6.45, 7) is 6.00. The van der Waals surface area contributed by atoms with Crippen molar-refractivity contribution in [1.82, 2.24) is 9.80 Å². The van der Waals surface area contributed by atoms with Crippen molar-refractivity contribution in [3.05, 3.63) is 26.6 Å². The van der Waals surface area contributed by atoms with Gasteiger partial charge in [-0.05, 0) is 56.5 Å². The van der Waals surface area contributed by atoms with Gasteiger partial charge in [-0.15, -0.1) is 0 Å². The maximum atomic E-state index is 11.6. The van der Waals surface area contributed by atoms with Gasteiger partial charge >= 0.3 is 6.09 Å². The maximum absolute atomic E-state index is 11.6. The first kappa shape index (κ1) is 16.6. The number of piperazine rings is 1. The zero-order valence-corrected chi connectivity index (χ0v) is 15.0. The lowest BCUT2D eigenvalue weighted by Gasteiger charge is -2.34. The highest BCUT2D eigenvalue weighted by molar-refractivity contribution is 9.11. The van der Waals surface area contributed by atoms with Crippen LogP contribution in [0.1, 0.15) is 12.5 Å². The third-order valence-electron chi connectivity index (χ3n) is 3.38. The molecule has 21 heavy (non-hydrogen) atoms. The van der Waals surface area contributed by atoms with Crippen molar-refractivity contribution >= 4 is 38.0 Å². The van der Waals surface area contributed by atoms with Crippen LogP contribution in [-0.4, -0.2) is 53.8 Å². The number of phenolic OH excluding ortho intramolecular Hbond substituents is 1. The van der Waals surface area contributed by atoms with Crippen molar-refractivity contribution in [2.24, 2.45) is 0 Å². The molecule has 5 nitrogen and oxygen atoms in total. The van der Waals surface area contributed by atoms with Gasteiger partial charge in [0.15, 0.2) is 0 Å². The van der Waals surface area contributed by atoms with Crippen LogP contribution in [0.5, 0.6) is 5.75 Å². The van der Waals surface area contributed by atoms with Gasteiger partial charge in [-0.3, -0.25) is 4.90 Å². The lowest BCUT2D eigenvalue weighted by atomic mass is 10.2. The molecule has 1 aliphatic heterocycles. The summed E-state index contributed by atoms with van der Waals surface area (Å²) in [6.07, 6.45) is -0.229. The molecule has 0 saturated carbocycles. The lowest BCUT2D eigenvalue weighted by Crippen LogP contribution is -2.48. The van der Waals surface area contributed by atoms with Crippen molar-refractivity contribution < 1.29 is 14.6 Å². The molecule has 1 fully saturated rings. The average Bonchev–Trinajstić information content (AvgIpc) is 2.45. The molecule has 0 spiro atoms. The van der Waals surface area contributed by atoms with Crippen LogP contribution in [0, 0.1) is 0 Å². The Labute approximate surface area is 141 Å². The van der Waals surface area contributed by atoms with Crippen LogP contribution < -0.4 is 0 Å². The van der Waals surface area contributed by atoms with E-state index in [9.17, 15) is 9.90 Å². The number of hydrogen-bond donors (Lipinski definition) is 1. The van der Waals surface area contributed by atoms with Crippen molar-refractivity contribution in [3.8, 4) is 5.75 Å². The van der Waals surface area contributed by atoms with Crippen LogP contribution in [0.25, 0.3) is 0 Å². The minimum atomic E-state index is -0.229. The zero-order valence-electron chi connectivity index (χ0n) is 11.8. The standard InChI is InChI=1S/C14H18Br2N2O3/c1-2-21-14(20)18-5-3-17(4-6-18)9-10-7-11(15)13(19)12(16)8-10/h7-8,19H,2-6,9H2,1H3. The fraction of sp³-hybridized carbons (Fsp3) is 0.500. The molecule has 1 aliphatic rings. The molecule has 7 heteroatoms. The number of ether oxygens (including phenoxy) is 1. The van der Waals surface area contributed by atoms with Gasteiger partial charge < -0.3 is 14.7 Å². The number of halogens is 2. The summed E-state index contributed by atoms with van der Waals surface area (Å²) >= 11 is 6.68. The molecule has 2 rings (SSSR count). The molecule has 0 aromatic heterocycles. The summed E-state index contributed by atoms with van der Waals surface area (Å²) in [5.74, 6) is 0.214. The molecule has 0 aliphatic carbocycles. The molecule has 1 amide bonds. The fourth-order valence-electron chi connectivity index (χ4n) is 2.27. The molecular weight excluding hydrogens is 404 g/mol. The minimum absolute atomic E-state index is 0.214. The Morgan fingerprint density at radius 2 is 1.81 bits per heavy atom. The first-order valence-electron chi connectivity index (χ1n) is 6.82. The van der Waals surface area contributed by atoms with Crippen molar-refractivity contribution in [2.75, 3.05) is 32.8 Å². The van der Waals surface area contributed by atoms with Crippen molar-refractivity contribution in [3.63, 3.8) is 0 Å². The van der Waals surface area contributed by atoms with Gasteiger partial charge in [-0.1, -0.05) is 0 Å². The highest BCUT2D eigenvalue weighted by Crippen LogP contribution is 2.33. The Morgan fingerprint density at radius 1 is 1.24 bits per heavy atom. The van der Waals surface area contributed by atoms with Gasteiger partial charge in [0, 0.05) is 32.7 Å². The minimum Gasteiger partial charge on any atom is -0.506 e. The number of rotatable bonds is 3. The summed E-state index contributed by atoms with van der Waals surface area (Å²) in [7, 11) is 0. The van der Waals surface area contributed by atoms with E-state index in [4.69, 9.17) is 4.74 Å². The van der Waals surface area contributed by atoms with Crippen LogP contribution in [0.15, 0.2) is 21.1 Å². The average molecular weight is 422 g/mol. The summed E-state index contributed by atoms with van der Waals surface area (Å²) in [4.78, 5) is 15.7. The van der Waals surface area contributed by atoms with Gasteiger partial charge in [-0.25, -0.2) is 4.79 Å². The Morgan fingerprint density at radius 3 is 2.33 bits per heavy atom. The molecule has 1 saturated heterocycles. The van der Waals surface area contributed by atoms with E-state index in [1.807, 2.05) is 19.1 Å². The summed E-state index contributed by atoms with van der Waals surface area (Å²) in [5.41, 5.74) is 1.11. The second kappa shape index (κ2) is 7.47. The normalized spacial score (nSPS) is 16.0. The number of phenols is 1. The number of benzene rings is 1. The summed E-state index contributed by atoms with van der Waals surface area (Å²) < 4.78 is 6.36. The van der Waals surface area contributed by atoms with Crippen molar-refractivity contribution in [2.45, 2.75) is 13.5 Å². The topological polar surface area (TPSA) is 53.0 Å². The largest absolute Gasteiger partial charge is 0.506 e. The second-order valence-corrected chi connectivity index (χ2v) is 6.58. The van der Waals surface area contributed by atoms with Crippen LogP contribution in [0.4, 0.5) is 4.79 Å². The van der Waals surface area contributed by atoms with Crippen LogP contribution in [-0.2, 0) is 11.3 Å². The predicted molar refractivity (Wildman–Crippen MR) is 87.4 cm³/mol. The Balaban J connectivity index is 1.90. The smallest absolute Gasteiger partial charge is 0.409 e. The quantitative estimate of drug-likeness (QED) is 0.814. The number of amides is 1. The van der Waals surface area contributed by atoms with Gasteiger partial charge in [0.05, 0.1) is 15.6 Å². The predicted octanol–water partition coefficient (Wildman–Crippen LogP) is 3.19. The number of nitrogens with zero attached hydrogens (tertiary/aromatic N) is 2. The third kappa shape index (κ3) is 4.34. The lowest BCUT2D eigenvalue weighted by molar-refractivity contribution is 0.0778. The van der Waals surface area contributed by atoms with Crippen molar-refractivity contribution in [1.29, 1.82) is 0 Å². The van der Waals surface area contributed by atoms with E-state index < -0.39 is 0 Å². The van der Waals surface area contributed by atoms with Crippen LogP contribution in [0.2, 0.25) is 0 Å². The molecule has 1 aromatic rings. The maximum Gasteiger partial charge on any atom is 0.409 e. The van der Waals surface area contributed by atoms with E-state index in [-0.39, 0.29) is 11.8 Å². The molecule has 0 atom stereocenters. The number of aromatic hydroxyl groups is 1. The SMILES string of the molecule is CCOC(=O)N1CCN(Cc2cc(Br)c(O)c(Br)c2)CC1. The molecule has 116 valence electrons. The molecular formula is C14H18Br2N2O3. The van der Waals surface area contributed by atoms with Gasteiger partial charge in [0.25, 0.3) is 0 Å². The van der Waals surface area contributed by atoms with E-state index in [0.29, 0.717) is 28.6 Å².